The zero-order valence-corrected chi connectivity index (χ0v) is 11.0. The number of aromatic carboxylic acids is 1. The molecule has 0 aliphatic rings. The second-order valence-electron chi connectivity index (χ2n) is 3.98. The number of rotatable bonds is 5. The SMILES string of the molecule is O=C([O-])CCn1c(-c2cccs2)ccc(C(=O)[O-])c1=O. The van der Waals surface area contributed by atoms with E-state index in [1.165, 1.54) is 23.5 Å². The fourth-order valence-corrected chi connectivity index (χ4v) is 2.56. The van der Waals surface area contributed by atoms with Crippen molar-refractivity contribution in [3.63, 3.8) is 0 Å². The van der Waals surface area contributed by atoms with E-state index < -0.39 is 23.1 Å². The van der Waals surface area contributed by atoms with Crippen molar-refractivity contribution in [3.05, 3.63) is 45.6 Å². The molecule has 6 nitrogen and oxygen atoms in total. The molecular weight excluding hydrogens is 282 g/mol. The van der Waals surface area contributed by atoms with Crippen molar-refractivity contribution in [2.45, 2.75) is 13.0 Å². The Morgan fingerprint density at radius 2 is 1.95 bits per heavy atom. The lowest BCUT2D eigenvalue weighted by Crippen LogP contribution is -2.35. The average molecular weight is 291 g/mol. The molecule has 0 atom stereocenters. The molecular formula is C13H9NO5S-2. The molecule has 2 heterocycles. The number of carbonyl (C=O) groups excluding carboxylic acids is 2. The highest BCUT2D eigenvalue weighted by Gasteiger charge is 2.11. The normalized spacial score (nSPS) is 10.4. The first kappa shape index (κ1) is 14.0. The molecule has 0 radical (unpaired) electrons. The van der Waals surface area contributed by atoms with E-state index in [1.54, 1.807) is 17.5 Å². The lowest BCUT2D eigenvalue weighted by atomic mass is 10.2. The molecule has 0 fully saturated rings. The highest BCUT2D eigenvalue weighted by molar-refractivity contribution is 7.13. The molecule has 7 heteroatoms. The van der Waals surface area contributed by atoms with E-state index in [4.69, 9.17) is 0 Å². The van der Waals surface area contributed by atoms with Crippen LogP contribution in [0.4, 0.5) is 0 Å². The van der Waals surface area contributed by atoms with Gasteiger partial charge in [0.15, 0.2) is 0 Å². The number of aliphatic carboxylic acids is 1. The van der Waals surface area contributed by atoms with E-state index in [-0.39, 0.29) is 13.0 Å². The zero-order valence-electron chi connectivity index (χ0n) is 10.2. The third kappa shape index (κ3) is 2.77. The smallest absolute Gasteiger partial charge is 0.260 e. The van der Waals surface area contributed by atoms with E-state index in [0.717, 1.165) is 9.44 Å². The lowest BCUT2D eigenvalue weighted by Gasteiger charge is -2.14. The van der Waals surface area contributed by atoms with E-state index in [2.05, 4.69) is 0 Å². The van der Waals surface area contributed by atoms with Crippen molar-refractivity contribution >= 4 is 23.3 Å². The Morgan fingerprint density at radius 1 is 1.20 bits per heavy atom. The number of nitrogens with zero attached hydrogens (tertiary/aromatic N) is 1. The van der Waals surface area contributed by atoms with Crippen LogP contribution in [0, 0.1) is 0 Å². The minimum atomic E-state index is -1.59. The van der Waals surface area contributed by atoms with Gasteiger partial charge in [-0.05, 0) is 23.6 Å². The Hall–Kier alpha value is -2.41. The Bertz CT molecular complexity index is 702. The second-order valence-corrected chi connectivity index (χ2v) is 4.92. The molecule has 0 bridgehead atoms. The molecule has 2 aromatic rings. The molecule has 0 aliphatic heterocycles. The van der Waals surface area contributed by atoms with Crippen LogP contribution in [-0.4, -0.2) is 16.5 Å². The minimum absolute atomic E-state index is 0.157. The molecule has 0 amide bonds. The standard InChI is InChI=1S/C13H11NO5S/c15-11(16)5-6-14-9(10-2-1-7-20-10)4-3-8(12(14)17)13(18)19/h1-4,7H,5-6H2,(H,15,16)(H,18,19)/p-2. The summed E-state index contributed by atoms with van der Waals surface area (Å²) in [5, 5.41) is 23.2. The van der Waals surface area contributed by atoms with Gasteiger partial charge in [0.1, 0.15) is 0 Å². The van der Waals surface area contributed by atoms with Gasteiger partial charge in [-0.1, -0.05) is 6.07 Å². The van der Waals surface area contributed by atoms with Gasteiger partial charge in [0.05, 0.1) is 22.1 Å². The quantitative estimate of drug-likeness (QED) is 0.709. The van der Waals surface area contributed by atoms with Crippen LogP contribution in [0.25, 0.3) is 10.6 Å². The van der Waals surface area contributed by atoms with E-state index in [1.807, 2.05) is 0 Å². The van der Waals surface area contributed by atoms with Gasteiger partial charge in [-0.3, -0.25) is 4.79 Å². The van der Waals surface area contributed by atoms with E-state index >= 15 is 0 Å². The number of pyridine rings is 1. The molecule has 104 valence electrons. The van der Waals surface area contributed by atoms with Crippen LogP contribution in [0.3, 0.4) is 0 Å². The summed E-state index contributed by atoms with van der Waals surface area (Å²) in [6, 6.07) is 6.17. The predicted molar refractivity (Wildman–Crippen MR) is 68.0 cm³/mol. The van der Waals surface area contributed by atoms with E-state index in [9.17, 15) is 24.6 Å². The van der Waals surface area contributed by atoms with Crippen molar-refractivity contribution in [1.29, 1.82) is 0 Å². The van der Waals surface area contributed by atoms with Crippen LogP contribution in [0.5, 0.6) is 0 Å². The van der Waals surface area contributed by atoms with Crippen LogP contribution in [0.1, 0.15) is 16.8 Å². The molecule has 20 heavy (non-hydrogen) atoms. The third-order valence-electron chi connectivity index (χ3n) is 2.71. The van der Waals surface area contributed by atoms with Crippen LogP contribution in [0.2, 0.25) is 0 Å². The van der Waals surface area contributed by atoms with Crippen LogP contribution >= 0.6 is 11.3 Å². The molecule has 0 aromatic carbocycles. The Kier molecular flexibility index (Phi) is 3.99. The van der Waals surface area contributed by atoms with Crippen LogP contribution in [-0.2, 0) is 11.3 Å². The lowest BCUT2D eigenvalue weighted by molar-refractivity contribution is -0.305. The van der Waals surface area contributed by atoms with Crippen LogP contribution < -0.4 is 15.8 Å². The summed E-state index contributed by atoms with van der Waals surface area (Å²) in [6.07, 6.45) is -0.380. The summed E-state index contributed by atoms with van der Waals surface area (Å²) in [6.45, 7) is -0.157. The van der Waals surface area contributed by atoms with Gasteiger partial charge < -0.3 is 24.4 Å². The third-order valence-corrected chi connectivity index (χ3v) is 3.60. The molecule has 0 saturated heterocycles. The first-order valence-electron chi connectivity index (χ1n) is 5.69. The summed E-state index contributed by atoms with van der Waals surface area (Å²) in [4.78, 5) is 34.2. The van der Waals surface area contributed by atoms with Gasteiger partial charge in [-0.25, -0.2) is 0 Å². The maximum atomic E-state index is 12.1. The zero-order chi connectivity index (χ0) is 14.7. The van der Waals surface area contributed by atoms with Crippen molar-refractivity contribution in [3.8, 4) is 10.6 Å². The maximum absolute atomic E-state index is 12.1. The average Bonchev–Trinajstić information content (AvgIpc) is 2.89. The summed E-state index contributed by atoms with van der Waals surface area (Å²) in [5.41, 5.74) is -0.808. The van der Waals surface area contributed by atoms with Crippen LogP contribution in [0.15, 0.2) is 34.4 Å². The number of thiophene rings is 1. The summed E-state index contributed by atoms with van der Waals surface area (Å²) in [5.74, 6) is -2.90. The summed E-state index contributed by atoms with van der Waals surface area (Å²) >= 11 is 1.36. The van der Waals surface area contributed by atoms with Crippen molar-refractivity contribution in [1.82, 2.24) is 4.57 Å². The molecule has 0 N–H and O–H groups in total. The Labute approximate surface area is 117 Å². The number of carboxylic acids is 2. The summed E-state index contributed by atoms with van der Waals surface area (Å²) < 4.78 is 1.12. The Morgan fingerprint density at radius 3 is 2.50 bits per heavy atom. The van der Waals surface area contributed by atoms with Gasteiger partial charge in [-0.2, -0.15) is 0 Å². The first-order valence-corrected chi connectivity index (χ1v) is 6.57. The van der Waals surface area contributed by atoms with E-state index in [0.29, 0.717) is 5.69 Å². The highest BCUT2D eigenvalue weighted by atomic mass is 32.1. The second kappa shape index (κ2) is 5.70. The highest BCUT2D eigenvalue weighted by Crippen LogP contribution is 2.23. The monoisotopic (exact) mass is 291 g/mol. The molecule has 0 aliphatic carbocycles. The van der Waals surface area contributed by atoms with Crippen molar-refractivity contribution < 1.29 is 19.8 Å². The largest absolute Gasteiger partial charge is 0.550 e. The maximum Gasteiger partial charge on any atom is 0.260 e. The Balaban J connectivity index is 2.57. The fourth-order valence-electron chi connectivity index (χ4n) is 1.80. The number of hydrogen-bond acceptors (Lipinski definition) is 6. The molecule has 0 unspecified atom stereocenters. The van der Waals surface area contributed by atoms with Crippen molar-refractivity contribution in [2.75, 3.05) is 0 Å². The topological polar surface area (TPSA) is 102 Å². The molecule has 0 saturated carbocycles. The molecule has 2 rings (SSSR count). The predicted octanol–water partition coefficient (Wildman–Crippen LogP) is -0.920. The van der Waals surface area contributed by atoms with Gasteiger partial charge in [0.2, 0.25) is 0 Å². The van der Waals surface area contributed by atoms with Gasteiger partial charge in [-0.15, -0.1) is 11.3 Å². The number of aromatic nitrogens is 1. The number of carbonyl (C=O) groups is 2. The van der Waals surface area contributed by atoms with Gasteiger partial charge in [0.25, 0.3) is 5.56 Å². The van der Waals surface area contributed by atoms with Crippen molar-refractivity contribution in [2.24, 2.45) is 0 Å². The summed E-state index contributed by atoms with van der Waals surface area (Å²) in [7, 11) is 0. The minimum Gasteiger partial charge on any atom is -0.550 e. The fraction of sp³-hybridized carbons (Fsp3) is 0.154. The van der Waals surface area contributed by atoms with Gasteiger partial charge in [0, 0.05) is 18.9 Å². The number of carboxylic acid groups (broad SMARTS) is 2. The van der Waals surface area contributed by atoms with Gasteiger partial charge >= 0.3 is 0 Å². The molecule has 0 spiro atoms. The first-order chi connectivity index (χ1) is 9.50. The number of hydrogen-bond donors (Lipinski definition) is 0. The molecule has 2 aromatic heterocycles.